The van der Waals surface area contributed by atoms with E-state index in [1.165, 1.54) is 22.3 Å². The monoisotopic (exact) mass is 476 g/mol. The molecular formula is C29H36N2O4. The van der Waals surface area contributed by atoms with E-state index in [0.29, 0.717) is 25.9 Å². The van der Waals surface area contributed by atoms with E-state index in [4.69, 9.17) is 9.47 Å². The number of carbonyl (C=O) groups is 2. The zero-order valence-electron chi connectivity index (χ0n) is 21.2. The molecule has 2 aromatic carbocycles. The summed E-state index contributed by atoms with van der Waals surface area (Å²) in [6, 6.07) is 16.6. The third kappa shape index (κ3) is 5.87. The number of ether oxygens (including phenoxy) is 2. The van der Waals surface area contributed by atoms with Crippen LogP contribution in [0.25, 0.3) is 5.57 Å². The van der Waals surface area contributed by atoms with Crippen LogP contribution >= 0.6 is 0 Å². The molecule has 1 heterocycles. The molecule has 1 N–H and O–H groups in total. The number of fused-ring (bicyclic) bond motifs is 2. The van der Waals surface area contributed by atoms with Crippen molar-refractivity contribution in [3.63, 3.8) is 0 Å². The Bertz CT molecular complexity index is 1120. The number of carbonyl (C=O) groups excluding carboxylic acids is 2. The molecule has 0 fully saturated rings. The third-order valence-electron chi connectivity index (χ3n) is 6.57. The second kappa shape index (κ2) is 10.5. The van der Waals surface area contributed by atoms with Gasteiger partial charge in [-0.15, -0.1) is 0 Å². The maximum absolute atomic E-state index is 13.4. The summed E-state index contributed by atoms with van der Waals surface area (Å²) in [7, 11) is 1.67. The van der Waals surface area contributed by atoms with Gasteiger partial charge in [0, 0.05) is 19.5 Å². The highest BCUT2D eigenvalue weighted by Crippen LogP contribution is 2.47. The van der Waals surface area contributed by atoms with Crippen molar-refractivity contribution in [2.45, 2.75) is 64.5 Å². The predicted octanol–water partition coefficient (Wildman–Crippen LogP) is 5.67. The minimum absolute atomic E-state index is 0.0892. The van der Waals surface area contributed by atoms with Crippen LogP contribution < -0.4 is 10.1 Å². The molecule has 0 spiro atoms. The summed E-state index contributed by atoms with van der Waals surface area (Å²) in [6.07, 6.45) is 3.21. The molecule has 1 unspecified atom stereocenters. The van der Waals surface area contributed by atoms with Crippen molar-refractivity contribution in [3.05, 3.63) is 70.8 Å². The summed E-state index contributed by atoms with van der Waals surface area (Å²) in [5, 5.41) is 2.77. The van der Waals surface area contributed by atoms with Crippen LogP contribution in [0.5, 0.6) is 5.75 Å². The molecule has 1 aliphatic heterocycles. The van der Waals surface area contributed by atoms with Gasteiger partial charge >= 0.3 is 6.09 Å². The van der Waals surface area contributed by atoms with E-state index in [0.717, 1.165) is 30.6 Å². The second-order valence-corrected chi connectivity index (χ2v) is 10.2. The molecule has 2 aromatic rings. The van der Waals surface area contributed by atoms with Crippen LogP contribution in [0, 0.1) is 0 Å². The van der Waals surface area contributed by atoms with Crippen molar-refractivity contribution >= 4 is 17.6 Å². The lowest BCUT2D eigenvalue weighted by molar-refractivity contribution is -0.133. The summed E-state index contributed by atoms with van der Waals surface area (Å²) in [5.41, 5.74) is 5.95. The van der Waals surface area contributed by atoms with Crippen molar-refractivity contribution in [1.82, 2.24) is 10.2 Å². The molecule has 6 nitrogen and oxygen atoms in total. The summed E-state index contributed by atoms with van der Waals surface area (Å²) >= 11 is 0. The molecule has 0 aromatic heterocycles. The highest BCUT2D eigenvalue weighted by Gasteiger charge is 2.37. The first-order chi connectivity index (χ1) is 16.8. The van der Waals surface area contributed by atoms with Crippen molar-refractivity contribution < 1.29 is 19.1 Å². The lowest BCUT2D eigenvalue weighted by Crippen LogP contribution is -2.39. The van der Waals surface area contributed by atoms with Crippen LogP contribution in [0.3, 0.4) is 0 Å². The highest BCUT2D eigenvalue weighted by molar-refractivity contribution is 5.83. The average Bonchev–Trinajstić information content (AvgIpc) is 3.20. The fourth-order valence-electron chi connectivity index (χ4n) is 5.07. The Kier molecular flexibility index (Phi) is 7.48. The van der Waals surface area contributed by atoms with Crippen molar-refractivity contribution in [1.29, 1.82) is 0 Å². The van der Waals surface area contributed by atoms with E-state index >= 15 is 0 Å². The second-order valence-electron chi connectivity index (χ2n) is 10.2. The van der Waals surface area contributed by atoms with Crippen molar-refractivity contribution in [3.8, 4) is 5.75 Å². The summed E-state index contributed by atoms with van der Waals surface area (Å²) < 4.78 is 10.8. The maximum Gasteiger partial charge on any atom is 0.407 e. The Morgan fingerprint density at radius 2 is 1.89 bits per heavy atom. The third-order valence-corrected chi connectivity index (χ3v) is 6.57. The molecule has 4 rings (SSSR count). The van der Waals surface area contributed by atoms with Gasteiger partial charge in [0.25, 0.3) is 0 Å². The van der Waals surface area contributed by atoms with Gasteiger partial charge in [0.2, 0.25) is 5.91 Å². The molecule has 1 aliphatic carbocycles. The molecule has 186 valence electrons. The number of alkyl carbamates (subject to hydrolysis) is 1. The standard InChI is InChI=1S/C29H36N2O4/c1-29(2,3)35-28(33)30-16-8-7-14-26(32)31-17-15-24-23-13-6-5-10-20(23)19-25(24)27(31)21-11-9-12-22(18-21)34-4/h5-6,9-13,18,27H,7-8,14-17,19H2,1-4H3,(H,30,33). The fraction of sp³-hybridized carbons (Fsp3) is 0.448. The summed E-state index contributed by atoms with van der Waals surface area (Å²) in [5.74, 6) is 0.948. The molecule has 1 atom stereocenters. The Morgan fingerprint density at radius 1 is 1.09 bits per heavy atom. The molecule has 35 heavy (non-hydrogen) atoms. The molecular weight excluding hydrogens is 440 g/mol. The Morgan fingerprint density at radius 3 is 2.66 bits per heavy atom. The minimum Gasteiger partial charge on any atom is -0.497 e. The number of hydrogen-bond acceptors (Lipinski definition) is 4. The number of amides is 2. The normalized spacial score (nSPS) is 17.0. The maximum atomic E-state index is 13.4. The molecule has 0 saturated carbocycles. The Labute approximate surface area is 208 Å². The number of hydrogen-bond donors (Lipinski definition) is 1. The lowest BCUT2D eigenvalue weighted by atomic mass is 9.88. The smallest absolute Gasteiger partial charge is 0.407 e. The van der Waals surface area contributed by atoms with E-state index in [-0.39, 0.29) is 11.9 Å². The molecule has 0 radical (unpaired) electrons. The van der Waals surface area contributed by atoms with E-state index < -0.39 is 11.7 Å². The van der Waals surface area contributed by atoms with Crippen molar-refractivity contribution in [2.24, 2.45) is 0 Å². The van der Waals surface area contributed by atoms with Crippen LogP contribution in [0.2, 0.25) is 0 Å². The van der Waals surface area contributed by atoms with Gasteiger partial charge in [0.05, 0.1) is 13.2 Å². The van der Waals surface area contributed by atoms with Crippen molar-refractivity contribution in [2.75, 3.05) is 20.2 Å². The number of nitrogens with one attached hydrogen (secondary N) is 1. The van der Waals surface area contributed by atoms with Gasteiger partial charge in [-0.05, 0) is 86.4 Å². The van der Waals surface area contributed by atoms with Gasteiger partial charge in [0.15, 0.2) is 0 Å². The van der Waals surface area contributed by atoms with Gasteiger partial charge < -0.3 is 19.7 Å². The zero-order valence-corrected chi connectivity index (χ0v) is 21.2. The summed E-state index contributed by atoms with van der Waals surface area (Å²) in [6.45, 7) is 6.71. The number of methoxy groups -OCH3 is 1. The average molecular weight is 477 g/mol. The number of nitrogens with zero attached hydrogens (tertiary/aromatic N) is 1. The van der Waals surface area contributed by atoms with Gasteiger partial charge in [-0.2, -0.15) is 0 Å². The summed E-state index contributed by atoms with van der Waals surface area (Å²) in [4.78, 5) is 27.3. The molecule has 0 saturated heterocycles. The lowest BCUT2D eigenvalue weighted by Gasteiger charge is -2.38. The van der Waals surface area contributed by atoms with Crippen LogP contribution in [0.1, 0.15) is 69.2 Å². The Balaban J connectivity index is 1.45. The van der Waals surface area contributed by atoms with Crippen LogP contribution in [-0.4, -0.2) is 42.7 Å². The predicted molar refractivity (Wildman–Crippen MR) is 137 cm³/mol. The van der Waals surface area contributed by atoms with E-state index in [9.17, 15) is 9.59 Å². The highest BCUT2D eigenvalue weighted by atomic mass is 16.6. The molecule has 2 amide bonds. The molecule has 6 heteroatoms. The topological polar surface area (TPSA) is 67.9 Å². The molecule has 2 aliphatic rings. The zero-order chi connectivity index (χ0) is 25.0. The largest absolute Gasteiger partial charge is 0.497 e. The SMILES string of the molecule is COc1cccc(C2C3=C(CCN2C(=O)CCCCNC(=O)OC(C)(C)C)c2ccccc2C3)c1. The number of rotatable bonds is 7. The van der Waals surface area contributed by atoms with Crippen LogP contribution in [0.4, 0.5) is 4.79 Å². The quantitative estimate of drug-likeness (QED) is 0.523. The van der Waals surface area contributed by atoms with Crippen LogP contribution in [0.15, 0.2) is 54.1 Å². The number of unbranched alkanes of at least 4 members (excludes halogenated alkanes) is 1. The number of benzene rings is 2. The first-order valence-corrected chi connectivity index (χ1v) is 12.5. The van der Waals surface area contributed by atoms with Gasteiger partial charge in [-0.25, -0.2) is 4.79 Å². The van der Waals surface area contributed by atoms with Gasteiger partial charge in [-0.3, -0.25) is 4.79 Å². The van der Waals surface area contributed by atoms with E-state index in [1.54, 1.807) is 7.11 Å². The minimum atomic E-state index is -0.517. The first-order valence-electron chi connectivity index (χ1n) is 12.5. The van der Waals surface area contributed by atoms with E-state index in [2.05, 4.69) is 41.7 Å². The van der Waals surface area contributed by atoms with Gasteiger partial charge in [0.1, 0.15) is 11.4 Å². The van der Waals surface area contributed by atoms with E-state index in [1.807, 2.05) is 37.8 Å². The van der Waals surface area contributed by atoms with Gasteiger partial charge in [-0.1, -0.05) is 36.4 Å². The van der Waals surface area contributed by atoms with Crippen LogP contribution in [-0.2, 0) is 16.0 Å². The fourth-order valence-corrected chi connectivity index (χ4v) is 5.07. The first kappa shape index (κ1) is 24.8. The Hall–Kier alpha value is -3.28. The molecule has 0 bridgehead atoms.